The van der Waals surface area contributed by atoms with E-state index in [1.165, 1.54) is 45.3 Å². The summed E-state index contributed by atoms with van der Waals surface area (Å²) in [6, 6.07) is 1.72. The third-order valence-electron chi connectivity index (χ3n) is 6.34. The summed E-state index contributed by atoms with van der Waals surface area (Å²) in [6.45, 7) is 8.87. The summed E-state index contributed by atoms with van der Waals surface area (Å²) in [5, 5.41) is 0. The minimum atomic E-state index is 0.749. The second-order valence-electron chi connectivity index (χ2n) is 7.71. The largest absolute Gasteiger partial charge is 0.302 e. The molecule has 96 valence electrons. The third-order valence-corrected chi connectivity index (χ3v) is 6.34. The topological polar surface area (TPSA) is 6.48 Å². The standard InChI is InChI=1S/C15H26N2/c1-11(2)17-7-6-15(10-17)8-12(15)13-14(4-5-14)9-16(13)3/h11-13H,4-10H2,1-3H3. The number of nitrogens with zero attached hydrogens (tertiary/aromatic N) is 2. The van der Waals surface area contributed by atoms with Crippen molar-refractivity contribution in [1.82, 2.24) is 9.80 Å². The highest BCUT2D eigenvalue weighted by molar-refractivity contribution is 5.23. The van der Waals surface area contributed by atoms with Crippen molar-refractivity contribution in [2.45, 2.75) is 51.6 Å². The predicted octanol–water partition coefficient (Wildman–Crippen LogP) is 2.20. The smallest absolute Gasteiger partial charge is 0.0195 e. The van der Waals surface area contributed by atoms with Crippen LogP contribution in [0.15, 0.2) is 0 Å². The molecule has 4 rings (SSSR count). The zero-order chi connectivity index (χ0) is 11.8. The lowest BCUT2D eigenvalue weighted by Crippen LogP contribution is -2.57. The maximum absolute atomic E-state index is 2.71. The molecule has 2 saturated carbocycles. The van der Waals surface area contributed by atoms with Gasteiger partial charge in [0.15, 0.2) is 0 Å². The van der Waals surface area contributed by atoms with Crippen molar-refractivity contribution in [2.24, 2.45) is 16.7 Å². The van der Waals surface area contributed by atoms with E-state index >= 15 is 0 Å². The average molecular weight is 234 g/mol. The van der Waals surface area contributed by atoms with E-state index in [4.69, 9.17) is 0 Å². The molecule has 0 aromatic rings. The lowest BCUT2D eigenvalue weighted by atomic mass is 9.79. The molecule has 2 spiro atoms. The quantitative estimate of drug-likeness (QED) is 0.723. The Bertz CT molecular complexity index is 347. The number of hydrogen-bond acceptors (Lipinski definition) is 2. The molecule has 2 saturated heterocycles. The maximum atomic E-state index is 2.71. The molecule has 2 heterocycles. The van der Waals surface area contributed by atoms with Gasteiger partial charge >= 0.3 is 0 Å². The van der Waals surface area contributed by atoms with Crippen LogP contribution in [0.25, 0.3) is 0 Å². The molecule has 0 N–H and O–H groups in total. The summed E-state index contributed by atoms with van der Waals surface area (Å²) >= 11 is 0. The van der Waals surface area contributed by atoms with Gasteiger partial charge in [-0.05, 0) is 69.9 Å². The molecule has 0 radical (unpaired) electrons. The summed E-state index contributed by atoms with van der Waals surface area (Å²) in [5.74, 6) is 1.05. The van der Waals surface area contributed by atoms with Crippen LogP contribution in [-0.2, 0) is 0 Å². The SMILES string of the molecule is CC(C)N1CCC2(CC2C2N(C)CC23CC3)C1. The fourth-order valence-electron chi connectivity index (χ4n) is 5.06. The summed E-state index contributed by atoms with van der Waals surface area (Å²) in [5.41, 5.74) is 1.56. The second-order valence-corrected chi connectivity index (χ2v) is 7.71. The Kier molecular flexibility index (Phi) is 1.96. The molecule has 2 aliphatic heterocycles. The molecule has 4 fully saturated rings. The summed E-state index contributed by atoms with van der Waals surface area (Å²) < 4.78 is 0. The molecular weight excluding hydrogens is 208 g/mol. The zero-order valence-electron chi connectivity index (χ0n) is 11.6. The van der Waals surface area contributed by atoms with Crippen LogP contribution < -0.4 is 0 Å². The Morgan fingerprint density at radius 1 is 1.06 bits per heavy atom. The molecule has 0 aromatic heterocycles. The van der Waals surface area contributed by atoms with Crippen molar-refractivity contribution in [2.75, 3.05) is 26.7 Å². The molecule has 2 nitrogen and oxygen atoms in total. The van der Waals surface area contributed by atoms with Gasteiger partial charge in [-0.1, -0.05) is 0 Å². The first-order chi connectivity index (χ1) is 8.06. The minimum absolute atomic E-state index is 0.749. The molecular formula is C15H26N2. The van der Waals surface area contributed by atoms with Crippen LogP contribution in [-0.4, -0.2) is 48.6 Å². The molecule has 2 heteroatoms. The van der Waals surface area contributed by atoms with Crippen molar-refractivity contribution >= 4 is 0 Å². The van der Waals surface area contributed by atoms with Crippen LogP contribution in [0, 0.1) is 16.7 Å². The van der Waals surface area contributed by atoms with Crippen LogP contribution in [0.1, 0.15) is 39.5 Å². The normalized spacial score (nSPS) is 48.0. The average Bonchev–Trinajstić information content (AvgIpc) is 3.09. The first kappa shape index (κ1) is 10.8. The van der Waals surface area contributed by atoms with E-state index < -0.39 is 0 Å². The third kappa shape index (κ3) is 1.34. The molecule has 17 heavy (non-hydrogen) atoms. The number of rotatable bonds is 2. The van der Waals surface area contributed by atoms with Crippen molar-refractivity contribution in [3.8, 4) is 0 Å². The van der Waals surface area contributed by atoms with Crippen LogP contribution in [0.2, 0.25) is 0 Å². The predicted molar refractivity (Wildman–Crippen MR) is 70.0 cm³/mol. The Labute approximate surface area is 105 Å². The molecule has 2 aliphatic carbocycles. The van der Waals surface area contributed by atoms with Crippen LogP contribution in [0.5, 0.6) is 0 Å². The Balaban J connectivity index is 1.46. The Hall–Kier alpha value is -0.0800. The molecule has 0 aromatic carbocycles. The van der Waals surface area contributed by atoms with Gasteiger partial charge in [0.2, 0.25) is 0 Å². The van der Waals surface area contributed by atoms with E-state index in [1.54, 1.807) is 0 Å². The van der Waals surface area contributed by atoms with Gasteiger partial charge in [0.1, 0.15) is 0 Å². The highest BCUT2D eigenvalue weighted by Gasteiger charge is 2.70. The molecule has 3 unspecified atom stereocenters. The van der Waals surface area contributed by atoms with E-state index in [2.05, 4.69) is 30.7 Å². The van der Waals surface area contributed by atoms with Gasteiger partial charge in [0.25, 0.3) is 0 Å². The highest BCUT2D eigenvalue weighted by Crippen LogP contribution is 2.70. The van der Waals surface area contributed by atoms with E-state index in [9.17, 15) is 0 Å². The number of likely N-dealkylation sites (tertiary alicyclic amines) is 2. The van der Waals surface area contributed by atoms with Crippen LogP contribution >= 0.6 is 0 Å². The first-order valence-electron chi connectivity index (χ1n) is 7.51. The van der Waals surface area contributed by atoms with Crippen molar-refractivity contribution in [3.05, 3.63) is 0 Å². The molecule has 4 aliphatic rings. The van der Waals surface area contributed by atoms with Gasteiger partial charge in [-0.2, -0.15) is 0 Å². The Morgan fingerprint density at radius 2 is 1.82 bits per heavy atom. The van der Waals surface area contributed by atoms with Gasteiger partial charge < -0.3 is 9.80 Å². The Morgan fingerprint density at radius 3 is 2.35 bits per heavy atom. The molecule has 3 atom stereocenters. The van der Waals surface area contributed by atoms with Crippen molar-refractivity contribution in [1.29, 1.82) is 0 Å². The number of hydrogen-bond donors (Lipinski definition) is 0. The van der Waals surface area contributed by atoms with E-state index in [-0.39, 0.29) is 0 Å². The second kappa shape index (κ2) is 3.08. The van der Waals surface area contributed by atoms with Gasteiger partial charge in [-0.25, -0.2) is 0 Å². The van der Waals surface area contributed by atoms with Crippen molar-refractivity contribution in [3.63, 3.8) is 0 Å². The van der Waals surface area contributed by atoms with E-state index in [0.29, 0.717) is 0 Å². The van der Waals surface area contributed by atoms with Crippen LogP contribution in [0.3, 0.4) is 0 Å². The van der Waals surface area contributed by atoms with Crippen molar-refractivity contribution < 1.29 is 0 Å². The maximum Gasteiger partial charge on any atom is 0.0195 e. The monoisotopic (exact) mass is 234 g/mol. The van der Waals surface area contributed by atoms with E-state index in [0.717, 1.165) is 28.8 Å². The summed E-state index contributed by atoms with van der Waals surface area (Å²) in [6.07, 6.45) is 6.08. The summed E-state index contributed by atoms with van der Waals surface area (Å²) in [4.78, 5) is 5.36. The summed E-state index contributed by atoms with van der Waals surface area (Å²) in [7, 11) is 2.36. The van der Waals surface area contributed by atoms with E-state index in [1.807, 2.05) is 0 Å². The zero-order valence-corrected chi connectivity index (χ0v) is 11.6. The van der Waals surface area contributed by atoms with Gasteiger partial charge in [-0.3, -0.25) is 0 Å². The van der Waals surface area contributed by atoms with Gasteiger partial charge in [0, 0.05) is 25.2 Å². The fraction of sp³-hybridized carbons (Fsp3) is 1.00. The first-order valence-corrected chi connectivity index (χ1v) is 7.51. The molecule has 0 amide bonds. The minimum Gasteiger partial charge on any atom is -0.302 e. The highest BCUT2D eigenvalue weighted by atomic mass is 15.3. The lowest BCUT2D eigenvalue weighted by molar-refractivity contribution is -0.00394. The molecule has 0 bridgehead atoms. The van der Waals surface area contributed by atoms with Crippen LogP contribution in [0.4, 0.5) is 0 Å². The van der Waals surface area contributed by atoms with Gasteiger partial charge in [0.05, 0.1) is 0 Å². The van der Waals surface area contributed by atoms with Gasteiger partial charge in [-0.15, -0.1) is 0 Å². The fourth-order valence-corrected chi connectivity index (χ4v) is 5.06. The lowest BCUT2D eigenvalue weighted by Gasteiger charge is -2.48.